The van der Waals surface area contributed by atoms with Gasteiger partial charge in [-0.3, -0.25) is 9.59 Å². The van der Waals surface area contributed by atoms with E-state index in [1.165, 1.54) is 5.56 Å². The lowest BCUT2D eigenvalue weighted by Crippen LogP contribution is -2.42. The molecule has 0 aliphatic rings. The van der Waals surface area contributed by atoms with Gasteiger partial charge in [0.25, 0.3) is 0 Å². The molecule has 122 valence electrons. The van der Waals surface area contributed by atoms with Gasteiger partial charge in [0.15, 0.2) is 0 Å². The van der Waals surface area contributed by atoms with Crippen molar-refractivity contribution in [3.63, 3.8) is 0 Å². The minimum Gasteiger partial charge on any atom is -0.493 e. The van der Waals surface area contributed by atoms with Crippen LogP contribution in [0, 0.1) is 26.2 Å². The Labute approximate surface area is 132 Å². The van der Waals surface area contributed by atoms with E-state index < -0.39 is 11.3 Å². The Morgan fingerprint density at radius 3 is 2.45 bits per heavy atom. The van der Waals surface area contributed by atoms with E-state index in [1.807, 2.05) is 26.8 Å². The fourth-order valence-corrected chi connectivity index (χ4v) is 1.90. The molecule has 0 aliphatic carbocycles. The molecule has 1 rings (SSSR count). The molecule has 0 fully saturated rings. The Kier molecular flexibility index (Phi) is 5.97. The van der Waals surface area contributed by atoms with E-state index in [0.29, 0.717) is 6.61 Å². The van der Waals surface area contributed by atoms with E-state index in [2.05, 4.69) is 11.4 Å². The van der Waals surface area contributed by atoms with Crippen LogP contribution in [0.2, 0.25) is 0 Å². The number of aryl methyl sites for hydroxylation is 2. The van der Waals surface area contributed by atoms with Crippen LogP contribution in [0.1, 0.15) is 37.0 Å². The highest BCUT2D eigenvalue weighted by Crippen LogP contribution is 2.23. The zero-order valence-corrected chi connectivity index (χ0v) is 14.1. The first-order chi connectivity index (χ1) is 10.1. The number of benzene rings is 1. The van der Waals surface area contributed by atoms with Crippen LogP contribution in [0.25, 0.3) is 0 Å². The first-order valence-corrected chi connectivity index (χ1v) is 7.41. The quantitative estimate of drug-likeness (QED) is 0.808. The molecule has 0 heterocycles. The Bertz CT molecular complexity index is 565. The lowest BCUT2D eigenvalue weighted by Gasteiger charge is -2.20. The third-order valence-electron chi connectivity index (χ3n) is 3.75. The molecular formula is C17H26N2O3. The molecule has 0 unspecified atom stereocenters. The topological polar surface area (TPSA) is 81.4 Å². The predicted octanol–water partition coefficient (Wildman–Crippen LogP) is 2.01. The second-order valence-corrected chi connectivity index (χ2v) is 6.33. The summed E-state index contributed by atoms with van der Waals surface area (Å²) in [5.74, 6) is 0.217. The van der Waals surface area contributed by atoms with Gasteiger partial charge >= 0.3 is 0 Å². The molecule has 0 aliphatic heterocycles. The number of carbonyl (C=O) groups is 2. The van der Waals surface area contributed by atoms with Crippen molar-refractivity contribution in [1.29, 1.82) is 0 Å². The van der Waals surface area contributed by atoms with Gasteiger partial charge in [-0.2, -0.15) is 0 Å². The zero-order chi connectivity index (χ0) is 16.9. The normalized spacial score (nSPS) is 11.1. The van der Waals surface area contributed by atoms with Gasteiger partial charge in [0, 0.05) is 6.54 Å². The third kappa shape index (κ3) is 5.06. The van der Waals surface area contributed by atoms with Crippen LogP contribution < -0.4 is 15.8 Å². The average molecular weight is 306 g/mol. The molecule has 0 radical (unpaired) electrons. The van der Waals surface area contributed by atoms with E-state index in [4.69, 9.17) is 10.5 Å². The van der Waals surface area contributed by atoms with Gasteiger partial charge in [-0.05, 0) is 57.4 Å². The fourth-order valence-electron chi connectivity index (χ4n) is 1.90. The molecule has 0 bridgehead atoms. The molecule has 22 heavy (non-hydrogen) atoms. The summed E-state index contributed by atoms with van der Waals surface area (Å²) in [6.45, 7) is 9.97. The maximum Gasteiger partial charge on any atom is 0.224 e. The average Bonchev–Trinajstić information content (AvgIpc) is 2.41. The van der Waals surface area contributed by atoms with Crippen molar-refractivity contribution in [3.8, 4) is 5.75 Å². The number of rotatable bonds is 7. The van der Waals surface area contributed by atoms with Crippen LogP contribution >= 0.6 is 0 Å². The summed E-state index contributed by atoms with van der Waals surface area (Å²) >= 11 is 0. The Hall–Kier alpha value is -2.04. The van der Waals surface area contributed by atoms with Gasteiger partial charge < -0.3 is 15.8 Å². The van der Waals surface area contributed by atoms with E-state index in [9.17, 15) is 9.59 Å². The molecular weight excluding hydrogens is 280 g/mol. The third-order valence-corrected chi connectivity index (χ3v) is 3.75. The van der Waals surface area contributed by atoms with Gasteiger partial charge in [0.05, 0.1) is 18.4 Å². The number of nitrogens with one attached hydrogen (secondary N) is 1. The molecule has 3 N–H and O–H groups in total. The highest BCUT2D eigenvalue weighted by atomic mass is 16.5. The van der Waals surface area contributed by atoms with Crippen LogP contribution in [0.4, 0.5) is 0 Å². The Morgan fingerprint density at radius 2 is 1.86 bits per heavy atom. The minimum absolute atomic E-state index is 0.156. The summed E-state index contributed by atoms with van der Waals surface area (Å²) in [6, 6.07) is 4.07. The summed E-state index contributed by atoms with van der Waals surface area (Å²) in [7, 11) is 0. The van der Waals surface area contributed by atoms with Gasteiger partial charge in [-0.15, -0.1) is 0 Å². The molecule has 0 atom stereocenters. The van der Waals surface area contributed by atoms with Crippen molar-refractivity contribution in [2.75, 3.05) is 13.2 Å². The van der Waals surface area contributed by atoms with Crippen LogP contribution in [-0.2, 0) is 9.59 Å². The molecule has 0 aromatic heterocycles. The summed E-state index contributed by atoms with van der Waals surface area (Å²) in [5, 5.41) is 2.71. The van der Waals surface area contributed by atoms with E-state index in [1.54, 1.807) is 13.8 Å². The number of ether oxygens (including phenoxy) is 1. The summed E-state index contributed by atoms with van der Waals surface area (Å²) in [4.78, 5) is 23.0. The predicted molar refractivity (Wildman–Crippen MR) is 86.8 cm³/mol. The van der Waals surface area contributed by atoms with E-state index in [-0.39, 0.29) is 18.9 Å². The Balaban J connectivity index is 2.45. The zero-order valence-electron chi connectivity index (χ0n) is 14.1. The number of amides is 2. The van der Waals surface area contributed by atoms with Crippen molar-refractivity contribution in [2.24, 2.45) is 11.1 Å². The van der Waals surface area contributed by atoms with Crippen LogP contribution in [0.3, 0.4) is 0 Å². The molecule has 1 aromatic rings. The molecule has 0 saturated heterocycles. The fraction of sp³-hybridized carbons (Fsp3) is 0.529. The van der Waals surface area contributed by atoms with Gasteiger partial charge in [0.2, 0.25) is 11.8 Å². The van der Waals surface area contributed by atoms with Gasteiger partial charge in [0.1, 0.15) is 5.75 Å². The SMILES string of the molecule is Cc1cc(C)c(C)c(OCCC(=O)NCC(C)(C)C(N)=O)c1. The Morgan fingerprint density at radius 1 is 1.23 bits per heavy atom. The number of carbonyl (C=O) groups excluding carboxylic acids is 2. The van der Waals surface area contributed by atoms with Crippen molar-refractivity contribution >= 4 is 11.8 Å². The summed E-state index contributed by atoms with van der Waals surface area (Å²) in [6.07, 6.45) is 0.237. The minimum atomic E-state index is -0.749. The second-order valence-electron chi connectivity index (χ2n) is 6.33. The highest BCUT2D eigenvalue weighted by molar-refractivity contribution is 5.82. The standard InChI is InChI=1S/C17H26N2O3/c1-11-8-12(2)13(3)14(9-11)22-7-6-15(20)19-10-17(4,5)16(18)21/h8-9H,6-7,10H2,1-5H3,(H2,18,21)(H,19,20). The maximum absolute atomic E-state index is 11.8. The molecule has 5 nitrogen and oxygen atoms in total. The van der Waals surface area contributed by atoms with Gasteiger partial charge in [-0.25, -0.2) is 0 Å². The van der Waals surface area contributed by atoms with E-state index in [0.717, 1.165) is 16.9 Å². The van der Waals surface area contributed by atoms with Gasteiger partial charge in [-0.1, -0.05) is 6.07 Å². The lowest BCUT2D eigenvalue weighted by molar-refractivity contribution is -0.127. The molecule has 0 saturated carbocycles. The number of primary amides is 1. The van der Waals surface area contributed by atoms with Crippen molar-refractivity contribution in [2.45, 2.75) is 41.0 Å². The largest absolute Gasteiger partial charge is 0.493 e. The van der Waals surface area contributed by atoms with Crippen molar-refractivity contribution in [3.05, 3.63) is 28.8 Å². The first-order valence-electron chi connectivity index (χ1n) is 7.41. The number of nitrogens with two attached hydrogens (primary N) is 1. The first kappa shape index (κ1) is 18.0. The monoisotopic (exact) mass is 306 g/mol. The molecule has 0 spiro atoms. The smallest absolute Gasteiger partial charge is 0.224 e. The number of hydrogen-bond acceptors (Lipinski definition) is 3. The van der Waals surface area contributed by atoms with E-state index >= 15 is 0 Å². The van der Waals surface area contributed by atoms with Crippen molar-refractivity contribution < 1.29 is 14.3 Å². The second kappa shape index (κ2) is 7.29. The van der Waals surface area contributed by atoms with Crippen molar-refractivity contribution in [1.82, 2.24) is 5.32 Å². The van der Waals surface area contributed by atoms with Crippen LogP contribution in [0.15, 0.2) is 12.1 Å². The highest BCUT2D eigenvalue weighted by Gasteiger charge is 2.25. The molecule has 5 heteroatoms. The van der Waals surface area contributed by atoms with Crippen LogP contribution in [0.5, 0.6) is 5.75 Å². The number of hydrogen-bond donors (Lipinski definition) is 2. The summed E-state index contributed by atoms with van der Waals surface area (Å²) < 4.78 is 5.70. The molecule has 1 aromatic carbocycles. The molecule has 2 amide bonds. The summed E-state index contributed by atoms with van der Waals surface area (Å²) in [5.41, 5.74) is 7.90. The lowest BCUT2D eigenvalue weighted by atomic mass is 9.93. The van der Waals surface area contributed by atoms with Crippen LogP contribution in [-0.4, -0.2) is 25.0 Å². The maximum atomic E-state index is 11.8.